The van der Waals surface area contributed by atoms with Crippen molar-refractivity contribution < 1.29 is 27.5 Å². The van der Waals surface area contributed by atoms with Gasteiger partial charge in [0.25, 0.3) is 5.91 Å². The van der Waals surface area contributed by atoms with Crippen molar-refractivity contribution in [1.29, 1.82) is 0 Å². The highest BCUT2D eigenvalue weighted by Gasteiger charge is 2.29. The first-order valence-electron chi connectivity index (χ1n) is 7.44. The van der Waals surface area contributed by atoms with Gasteiger partial charge in [-0.3, -0.25) is 4.79 Å². The van der Waals surface area contributed by atoms with Gasteiger partial charge in [0.1, 0.15) is 12.6 Å². The lowest BCUT2D eigenvalue weighted by atomic mass is 10.1. The summed E-state index contributed by atoms with van der Waals surface area (Å²) < 4.78 is 41.1. The zero-order valence-corrected chi connectivity index (χ0v) is 13.7. The third-order valence-corrected chi connectivity index (χ3v) is 3.21. The molecule has 24 heavy (non-hydrogen) atoms. The van der Waals surface area contributed by atoms with E-state index in [4.69, 9.17) is 4.74 Å². The number of hydrogen-bond donors (Lipinski definition) is 2. The van der Waals surface area contributed by atoms with Crippen molar-refractivity contribution in [3.05, 3.63) is 35.4 Å². The topological polar surface area (TPSA) is 67.4 Å². The molecule has 0 aliphatic carbocycles. The molecule has 1 rings (SSSR count). The third-order valence-electron chi connectivity index (χ3n) is 3.21. The van der Waals surface area contributed by atoms with E-state index in [1.807, 2.05) is 6.92 Å². The molecule has 0 aliphatic rings. The van der Waals surface area contributed by atoms with Gasteiger partial charge in [0.15, 0.2) is 0 Å². The summed E-state index contributed by atoms with van der Waals surface area (Å²) in [4.78, 5) is 23.4. The number of hydrogen-bond acceptors (Lipinski definition) is 3. The average molecular weight is 346 g/mol. The molecule has 0 saturated carbocycles. The molecule has 1 aromatic carbocycles. The molecule has 0 spiro atoms. The highest BCUT2D eigenvalue weighted by atomic mass is 19.4. The van der Waals surface area contributed by atoms with E-state index in [0.29, 0.717) is 5.56 Å². The van der Waals surface area contributed by atoms with Gasteiger partial charge >= 0.3 is 12.3 Å². The summed E-state index contributed by atoms with van der Waals surface area (Å²) in [6.45, 7) is 3.90. The van der Waals surface area contributed by atoms with Gasteiger partial charge in [-0.25, -0.2) is 4.79 Å². The molecule has 0 radical (unpaired) electrons. The highest BCUT2D eigenvalue weighted by Crippen LogP contribution is 2.13. The van der Waals surface area contributed by atoms with Crippen molar-refractivity contribution in [1.82, 2.24) is 10.6 Å². The Hall–Kier alpha value is -2.25. The van der Waals surface area contributed by atoms with Gasteiger partial charge in [-0.15, -0.1) is 0 Å². The van der Waals surface area contributed by atoms with E-state index in [-0.39, 0.29) is 18.4 Å². The first-order chi connectivity index (χ1) is 11.1. The number of carbonyl (C=O) groups excluding carboxylic acids is 2. The van der Waals surface area contributed by atoms with E-state index < -0.39 is 24.9 Å². The maximum absolute atomic E-state index is 12.1. The van der Waals surface area contributed by atoms with Crippen LogP contribution in [0.2, 0.25) is 0 Å². The Labute approximate surface area is 138 Å². The number of rotatable bonds is 6. The summed E-state index contributed by atoms with van der Waals surface area (Å²) in [5.74, 6) is -0.528. The average Bonchev–Trinajstić information content (AvgIpc) is 2.48. The van der Waals surface area contributed by atoms with Crippen LogP contribution in [0.5, 0.6) is 0 Å². The normalized spacial score (nSPS) is 12.6. The minimum atomic E-state index is -4.51. The lowest BCUT2D eigenvalue weighted by Gasteiger charge is -2.22. The van der Waals surface area contributed by atoms with E-state index >= 15 is 0 Å². The standard InChI is InChI=1S/C16H21F3N2O3/c1-10(2)13(24-15(23)21-9-16(17,18)19)8-20-14(22)12-6-4-11(3)5-7-12/h4-7,10,13H,8-9H2,1-3H3,(H,20,22)(H,21,23). The quantitative estimate of drug-likeness (QED) is 0.832. The molecule has 5 nitrogen and oxygen atoms in total. The van der Waals surface area contributed by atoms with Crippen LogP contribution in [0.3, 0.4) is 0 Å². The monoisotopic (exact) mass is 346 g/mol. The van der Waals surface area contributed by atoms with Crippen LogP contribution >= 0.6 is 0 Å². The van der Waals surface area contributed by atoms with Crippen LogP contribution in [0.4, 0.5) is 18.0 Å². The fourth-order valence-corrected chi connectivity index (χ4v) is 1.77. The molecule has 0 aliphatic heterocycles. The van der Waals surface area contributed by atoms with Crippen molar-refractivity contribution in [2.45, 2.75) is 33.1 Å². The van der Waals surface area contributed by atoms with Crippen molar-refractivity contribution in [3.8, 4) is 0 Å². The molecule has 1 atom stereocenters. The van der Waals surface area contributed by atoms with E-state index in [9.17, 15) is 22.8 Å². The summed E-state index contributed by atoms with van der Waals surface area (Å²) >= 11 is 0. The molecular weight excluding hydrogens is 325 g/mol. The number of ether oxygens (including phenoxy) is 1. The Kier molecular flexibility index (Phi) is 7.06. The number of aryl methyl sites for hydroxylation is 1. The number of nitrogens with one attached hydrogen (secondary N) is 2. The van der Waals surface area contributed by atoms with Gasteiger partial charge in [-0.2, -0.15) is 13.2 Å². The number of carbonyl (C=O) groups is 2. The Morgan fingerprint density at radius 2 is 1.71 bits per heavy atom. The van der Waals surface area contributed by atoms with Gasteiger partial charge in [-0.05, 0) is 25.0 Å². The van der Waals surface area contributed by atoms with Crippen LogP contribution in [0.25, 0.3) is 0 Å². The SMILES string of the molecule is Cc1ccc(C(=O)NCC(OC(=O)NCC(F)(F)F)C(C)C)cc1. The second kappa shape index (κ2) is 8.56. The third kappa shape index (κ3) is 7.34. The molecular formula is C16H21F3N2O3. The lowest BCUT2D eigenvalue weighted by Crippen LogP contribution is -2.42. The van der Waals surface area contributed by atoms with E-state index in [0.717, 1.165) is 5.56 Å². The lowest BCUT2D eigenvalue weighted by molar-refractivity contribution is -0.124. The largest absolute Gasteiger partial charge is 0.444 e. The Morgan fingerprint density at radius 1 is 1.12 bits per heavy atom. The molecule has 2 N–H and O–H groups in total. The highest BCUT2D eigenvalue weighted by molar-refractivity contribution is 5.94. The van der Waals surface area contributed by atoms with Gasteiger partial charge in [-0.1, -0.05) is 31.5 Å². The van der Waals surface area contributed by atoms with Crippen molar-refractivity contribution in [2.75, 3.05) is 13.1 Å². The molecule has 1 unspecified atom stereocenters. The Balaban J connectivity index is 2.52. The number of benzene rings is 1. The molecule has 0 bridgehead atoms. The molecule has 1 aromatic rings. The van der Waals surface area contributed by atoms with Crippen LogP contribution in [-0.4, -0.2) is 37.4 Å². The maximum atomic E-state index is 12.1. The van der Waals surface area contributed by atoms with Crippen LogP contribution in [-0.2, 0) is 4.74 Å². The predicted octanol–water partition coefficient (Wildman–Crippen LogP) is 3.04. The molecule has 0 aromatic heterocycles. The number of alkyl halides is 3. The smallest absolute Gasteiger partial charge is 0.407 e. The molecule has 0 saturated heterocycles. The number of halogens is 3. The van der Waals surface area contributed by atoms with E-state index in [1.165, 1.54) is 0 Å². The second-order valence-electron chi connectivity index (χ2n) is 5.73. The Bertz CT molecular complexity index is 557. The summed E-state index contributed by atoms with van der Waals surface area (Å²) in [5, 5.41) is 4.25. The Morgan fingerprint density at radius 3 is 2.21 bits per heavy atom. The van der Waals surface area contributed by atoms with Crippen LogP contribution < -0.4 is 10.6 Å². The maximum Gasteiger partial charge on any atom is 0.407 e. The predicted molar refractivity (Wildman–Crippen MR) is 82.7 cm³/mol. The van der Waals surface area contributed by atoms with Crippen molar-refractivity contribution >= 4 is 12.0 Å². The van der Waals surface area contributed by atoms with Crippen LogP contribution in [0.15, 0.2) is 24.3 Å². The molecule has 2 amide bonds. The summed E-state index contributed by atoms with van der Waals surface area (Å²) in [5.41, 5.74) is 1.46. The first kappa shape index (κ1) is 19.8. The van der Waals surface area contributed by atoms with Crippen LogP contribution in [0.1, 0.15) is 29.8 Å². The zero-order valence-electron chi connectivity index (χ0n) is 13.7. The molecule has 0 heterocycles. The van der Waals surface area contributed by atoms with Crippen LogP contribution in [0, 0.1) is 12.8 Å². The fraction of sp³-hybridized carbons (Fsp3) is 0.500. The van der Waals surface area contributed by atoms with Gasteiger partial charge < -0.3 is 15.4 Å². The van der Waals surface area contributed by atoms with E-state index in [2.05, 4.69) is 5.32 Å². The van der Waals surface area contributed by atoms with Crippen molar-refractivity contribution in [3.63, 3.8) is 0 Å². The zero-order chi connectivity index (χ0) is 18.3. The first-order valence-corrected chi connectivity index (χ1v) is 7.44. The molecule has 0 fully saturated rings. The van der Waals surface area contributed by atoms with E-state index in [1.54, 1.807) is 43.4 Å². The van der Waals surface area contributed by atoms with Gasteiger partial charge in [0.05, 0.1) is 6.54 Å². The number of amides is 2. The van der Waals surface area contributed by atoms with Crippen molar-refractivity contribution in [2.24, 2.45) is 5.92 Å². The van der Waals surface area contributed by atoms with Gasteiger partial charge in [0, 0.05) is 5.56 Å². The molecule has 134 valence electrons. The minimum absolute atomic E-state index is 0.00378. The number of alkyl carbamates (subject to hydrolysis) is 1. The minimum Gasteiger partial charge on any atom is -0.444 e. The second-order valence-corrected chi connectivity index (χ2v) is 5.73. The molecule has 8 heteroatoms. The summed E-state index contributed by atoms with van der Waals surface area (Å²) in [7, 11) is 0. The van der Waals surface area contributed by atoms with Gasteiger partial charge in [0.2, 0.25) is 0 Å². The summed E-state index contributed by atoms with van der Waals surface area (Å²) in [6, 6.07) is 6.89. The summed E-state index contributed by atoms with van der Waals surface area (Å²) in [6.07, 6.45) is -6.42. The fourth-order valence-electron chi connectivity index (χ4n) is 1.77.